The van der Waals surface area contributed by atoms with E-state index in [4.69, 9.17) is 4.74 Å². The SMILES string of the molecule is COc1ccc(CCNc2ccccc2C(=O)N(C)C)cc1. The van der Waals surface area contributed by atoms with Crippen molar-refractivity contribution in [2.24, 2.45) is 0 Å². The van der Waals surface area contributed by atoms with Crippen LogP contribution in [0.2, 0.25) is 0 Å². The van der Waals surface area contributed by atoms with Gasteiger partial charge in [-0.15, -0.1) is 0 Å². The highest BCUT2D eigenvalue weighted by Crippen LogP contribution is 2.17. The van der Waals surface area contributed by atoms with Gasteiger partial charge in [-0.1, -0.05) is 24.3 Å². The number of methoxy groups -OCH3 is 1. The molecule has 0 bridgehead atoms. The molecule has 1 N–H and O–H groups in total. The summed E-state index contributed by atoms with van der Waals surface area (Å²) in [6, 6.07) is 15.6. The van der Waals surface area contributed by atoms with Gasteiger partial charge in [0.25, 0.3) is 5.91 Å². The summed E-state index contributed by atoms with van der Waals surface area (Å²) in [5.41, 5.74) is 2.79. The lowest BCUT2D eigenvalue weighted by Crippen LogP contribution is -2.23. The van der Waals surface area contributed by atoms with Gasteiger partial charge in [0.15, 0.2) is 0 Å². The van der Waals surface area contributed by atoms with Crippen molar-refractivity contribution >= 4 is 11.6 Å². The van der Waals surface area contributed by atoms with Crippen molar-refractivity contribution < 1.29 is 9.53 Å². The van der Waals surface area contributed by atoms with Crippen molar-refractivity contribution in [3.63, 3.8) is 0 Å². The first-order chi connectivity index (χ1) is 10.6. The molecule has 4 heteroatoms. The van der Waals surface area contributed by atoms with Gasteiger partial charge in [0.2, 0.25) is 0 Å². The Hall–Kier alpha value is -2.49. The second-order valence-corrected chi connectivity index (χ2v) is 5.27. The Kier molecular flexibility index (Phi) is 5.42. The molecule has 0 unspecified atom stereocenters. The average molecular weight is 298 g/mol. The zero-order valence-corrected chi connectivity index (χ0v) is 13.3. The Morgan fingerprint density at radius 1 is 1.09 bits per heavy atom. The van der Waals surface area contributed by atoms with Crippen LogP contribution in [0.5, 0.6) is 5.75 Å². The third-order valence-corrected chi connectivity index (χ3v) is 3.45. The first-order valence-electron chi connectivity index (χ1n) is 7.29. The molecular formula is C18H22N2O2. The van der Waals surface area contributed by atoms with Crippen LogP contribution in [0.3, 0.4) is 0 Å². The van der Waals surface area contributed by atoms with Crippen molar-refractivity contribution in [1.29, 1.82) is 0 Å². The fraction of sp³-hybridized carbons (Fsp3) is 0.278. The first-order valence-corrected chi connectivity index (χ1v) is 7.29. The molecule has 0 saturated heterocycles. The predicted octanol–water partition coefficient (Wildman–Crippen LogP) is 3.05. The van der Waals surface area contributed by atoms with Crippen LogP contribution >= 0.6 is 0 Å². The van der Waals surface area contributed by atoms with Crippen LogP contribution in [0, 0.1) is 0 Å². The fourth-order valence-corrected chi connectivity index (χ4v) is 2.20. The smallest absolute Gasteiger partial charge is 0.255 e. The third kappa shape index (κ3) is 4.01. The van der Waals surface area contributed by atoms with Crippen LogP contribution in [0.4, 0.5) is 5.69 Å². The van der Waals surface area contributed by atoms with Crippen LogP contribution in [-0.4, -0.2) is 38.6 Å². The standard InChI is InChI=1S/C18H22N2O2/c1-20(2)18(21)16-6-4-5-7-17(16)19-13-12-14-8-10-15(22-3)11-9-14/h4-11,19H,12-13H2,1-3H3. The summed E-state index contributed by atoms with van der Waals surface area (Å²) in [6.45, 7) is 0.768. The third-order valence-electron chi connectivity index (χ3n) is 3.45. The van der Waals surface area contributed by atoms with Crippen LogP contribution in [-0.2, 0) is 6.42 Å². The van der Waals surface area contributed by atoms with E-state index in [1.54, 1.807) is 26.1 Å². The van der Waals surface area contributed by atoms with E-state index >= 15 is 0 Å². The second kappa shape index (κ2) is 7.50. The molecule has 0 aliphatic heterocycles. The quantitative estimate of drug-likeness (QED) is 0.891. The number of para-hydroxylation sites is 1. The number of ether oxygens (including phenoxy) is 1. The van der Waals surface area contributed by atoms with Crippen LogP contribution in [0.1, 0.15) is 15.9 Å². The minimum atomic E-state index is 0.00699. The maximum absolute atomic E-state index is 12.1. The van der Waals surface area contributed by atoms with Gasteiger partial charge in [-0.05, 0) is 36.2 Å². The highest BCUT2D eigenvalue weighted by Gasteiger charge is 2.12. The van der Waals surface area contributed by atoms with Crippen molar-refractivity contribution in [3.8, 4) is 5.75 Å². The van der Waals surface area contributed by atoms with Gasteiger partial charge >= 0.3 is 0 Å². The van der Waals surface area contributed by atoms with E-state index in [9.17, 15) is 4.79 Å². The molecule has 1 amide bonds. The topological polar surface area (TPSA) is 41.6 Å². The Morgan fingerprint density at radius 3 is 2.41 bits per heavy atom. The Bertz CT molecular complexity index is 621. The summed E-state index contributed by atoms with van der Waals surface area (Å²) < 4.78 is 5.15. The molecule has 0 saturated carbocycles. The lowest BCUT2D eigenvalue weighted by molar-refractivity contribution is 0.0828. The van der Waals surface area contributed by atoms with Gasteiger partial charge < -0.3 is 15.0 Å². The molecule has 4 nitrogen and oxygen atoms in total. The maximum atomic E-state index is 12.1. The molecular weight excluding hydrogens is 276 g/mol. The van der Waals surface area contributed by atoms with E-state index in [2.05, 4.69) is 17.4 Å². The lowest BCUT2D eigenvalue weighted by Gasteiger charge is -2.15. The maximum Gasteiger partial charge on any atom is 0.255 e. The number of carbonyl (C=O) groups excluding carboxylic acids is 1. The molecule has 22 heavy (non-hydrogen) atoms. The Morgan fingerprint density at radius 2 is 1.77 bits per heavy atom. The van der Waals surface area contributed by atoms with Crippen molar-refractivity contribution in [2.45, 2.75) is 6.42 Å². The molecule has 116 valence electrons. The highest BCUT2D eigenvalue weighted by molar-refractivity contribution is 5.99. The van der Waals surface area contributed by atoms with E-state index in [1.165, 1.54) is 5.56 Å². The van der Waals surface area contributed by atoms with E-state index in [-0.39, 0.29) is 5.91 Å². The molecule has 0 aliphatic rings. The summed E-state index contributed by atoms with van der Waals surface area (Å²) in [6.07, 6.45) is 0.883. The van der Waals surface area contributed by atoms with Crippen molar-refractivity contribution in [2.75, 3.05) is 33.1 Å². The van der Waals surface area contributed by atoms with Crippen LogP contribution in [0.15, 0.2) is 48.5 Å². The number of nitrogens with zero attached hydrogens (tertiary/aromatic N) is 1. The zero-order chi connectivity index (χ0) is 15.9. The minimum Gasteiger partial charge on any atom is -0.497 e. The largest absolute Gasteiger partial charge is 0.497 e. The molecule has 2 rings (SSSR count). The number of benzene rings is 2. The van der Waals surface area contributed by atoms with Gasteiger partial charge in [0.05, 0.1) is 12.7 Å². The summed E-state index contributed by atoms with van der Waals surface area (Å²) in [5, 5.41) is 3.35. The zero-order valence-electron chi connectivity index (χ0n) is 13.3. The summed E-state index contributed by atoms with van der Waals surface area (Å²) in [7, 11) is 5.18. The number of carbonyl (C=O) groups is 1. The molecule has 0 aromatic heterocycles. The van der Waals surface area contributed by atoms with E-state index in [0.717, 1.165) is 24.4 Å². The molecule has 0 radical (unpaired) electrons. The summed E-state index contributed by atoms with van der Waals surface area (Å²) >= 11 is 0. The van der Waals surface area contributed by atoms with Gasteiger partial charge in [-0.3, -0.25) is 4.79 Å². The molecule has 2 aromatic carbocycles. The molecule has 2 aromatic rings. The van der Waals surface area contributed by atoms with E-state index in [0.29, 0.717) is 5.56 Å². The van der Waals surface area contributed by atoms with E-state index in [1.807, 2.05) is 36.4 Å². The van der Waals surface area contributed by atoms with Gasteiger partial charge in [0.1, 0.15) is 5.75 Å². The van der Waals surface area contributed by atoms with Gasteiger partial charge in [-0.2, -0.15) is 0 Å². The van der Waals surface area contributed by atoms with Crippen LogP contribution in [0.25, 0.3) is 0 Å². The monoisotopic (exact) mass is 298 g/mol. The molecule has 0 heterocycles. The average Bonchev–Trinajstić information content (AvgIpc) is 2.55. The fourth-order valence-electron chi connectivity index (χ4n) is 2.20. The van der Waals surface area contributed by atoms with Crippen molar-refractivity contribution in [3.05, 3.63) is 59.7 Å². The second-order valence-electron chi connectivity index (χ2n) is 5.27. The van der Waals surface area contributed by atoms with Crippen molar-refractivity contribution in [1.82, 2.24) is 4.90 Å². The molecule has 0 spiro atoms. The number of rotatable bonds is 6. The van der Waals surface area contributed by atoms with Gasteiger partial charge in [-0.25, -0.2) is 0 Å². The summed E-state index contributed by atoms with van der Waals surface area (Å²) in [4.78, 5) is 13.7. The first kappa shape index (κ1) is 15.9. The number of nitrogens with one attached hydrogen (secondary N) is 1. The summed E-state index contributed by atoms with van der Waals surface area (Å²) in [5.74, 6) is 0.867. The molecule has 0 fully saturated rings. The molecule has 0 aliphatic carbocycles. The molecule has 0 atom stereocenters. The number of anilines is 1. The highest BCUT2D eigenvalue weighted by atomic mass is 16.5. The van der Waals surface area contributed by atoms with E-state index < -0.39 is 0 Å². The lowest BCUT2D eigenvalue weighted by atomic mass is 10.1. The number of amides is 1. The number of hydrogen-bond donors (Lipinski definition) is 1. The normalized spacial score (nSPS) is 10.1. The Labute approximate surface area is 131 Å². The Balaban J connectivity index is 1.98. The minimum absolute atomic E-state index is 0.00699. The van der Waals surface area contributed by atoms with Crippen LogP contribution < -0.4 is 10.1 Å². The number of hydrogen-bond acceptors (Lipinski definition) is 3. The van der Waals surface area contributed by atoms with Gasteiger partial charge in [0, 0.05) is 26.3 Å². The predicted molar refractivity (Wildman–Crippen MR) is 89.6 cm³/mol.